The van der Waals surface area contributed by atoms with Crippen molar-refractivity contribution in [3.63, 3.8) is 0 Å². The monoisotopic (exact) mass is 327 g/mol. The first-order valence-corrected chi connectivity index (χ1v) is 7.09. The molecule has 0 bridgehead atoms. The van der Waals surface area contributed by atoms with Gasteiger partial charge in [0.25, 0.3) is 0 Å². The van der Waals surface area contributed by atoms with Crippen LogP contribution in [0.1, 0.15) is 16.5 Å². The van der Waals surface area contributed by atoms with Gasteiger partial charge in [-0.25, -0.2) is 4.98 Å². The first-order valence-electron chi connectivity index (χ1n) is 5.42. The van der Waals surface area contributed by atoms with Crippen LogP contribution in [0.4, 0.5) is 0 Å². The highest BCUT2D eigenvalue weighted by atomic mass is 79.9. The van der Waals surface area contributed by atoms with Crippen LogP contribution in [0.15, 0.2) is 34.2 Å². The predicted molar refractivity (Wildman–Crippen MR) is 76.6 cm³/mol. The van der Waals surface area contributed by atoms with Gasteiger partial charge in [0.1, 0.15) is 0 Å². The maximum Gasteiger partial charge on any atom is 0.217 e. The van der Waals surface area contributed by atoms with Crippen molar-refractivity contribution in [1.82, 2.24) is 10.4 Å². The van der Waals surface area contributed by atoms with E-state index < -0.39 is 0 Å². The molecule has 0 aliphatic carbocycles. The summed E-state index contributed by atoms with van der Waals surface area (Å²) in [6, 6.07) is 5.93. The van der Waals surface area contributed by atoms with Gasteiger partial charge in [0.15, 0.2) is 0 Å². The summed E-state index contributed by atoms with van der Waals surface area (Å²) < 4.78 is 6.35. The van der Waals surface area contributed by atoms with E-state index in [1.54, 1.807) is 24.6 Å². The number of methoxy groups -OCH3 is 1. The van der Waals surface area contributed by atoms with Crippen LogP contribution in [0.2, 0.25) is 0 Å². The van der Waals surface area contributed by atoms with E-state index in [9.17, 15) is 0 Å². The van der Waals surface area contributed by atoms with E-state index >= 15 is 0 Å². The summed E-state index contributed by atoms with van der Waals surface area (Å²) in [7, 11) is 1.61. The lowest BCUT2D eigenvalue weighted by Crippen LogP contribution is -2.29. The maximum absolute atomic E-state index is 5.64. The molecule has 2 heterocycles. The smallest absolute Gasteiger partial charge is 0.217 e. The minimum atomic E-state index is -0.0146. The number of nitrogens with two attached hydrogens (primary N) is 1. The van der Waals surface area contributed by atoms with E-state index in [2.05, 4.69) is 37.8 Å². The SMILES string of the molecule is COc1ncccc1C(Cc1cc(Br)cs1)NN. The molecule has 2 aromatic rings. The summed E-state index contributed by atoms with van der Waals surface area (Å²) in [4.78, 5) is 5.44. The molecule has 1 unspecified atom stereocenters. The molecule has 0 fully saturated rings. The zero-order valence-corrected chi connectivity index (χ0v) is 12.3. The molecule has 0 radical (unpaired) electrons. The number of hydrogen-bond acceptors (Lipinski definition) is 5. The number of hydrazine groups is 1. The number of rotatable bonds is 5. The van der Waals surface area contributed by atoms with Crippen LogP contribution in [0.3, 0.4) is 0 Å². The summed E-state index contributed by atoms with van der Waals surface area (Å²) in [6.45, 7) is 0. The second kappa shape index (κ2) is 6.29. The van der Waals surface area contributed by atoms with Gasteiger partial charge < -0.3 is 4.74 Å². The van der Waals surface area contributed by atoms with Gasteiger partial charge in [-0.2, -0.15) is 0 Å². The molecule has 0 spiro atoms. The molecule has 0 amide bonds. The van der Waals surface area contributed by atoms with Gasteiger partial charge in [0.2, 0.25) is 5.88 Å². The van der Waals surface area contributed by atoms with Crippen molar-refractivity contribution in [1.29, 1.82) is 0 Å². The van der Waals surface area contributed by atoms with E-state index in [-0.39, 0.29) is 6.04 Å². The van der Waals surface area contributed by atoms with Crippen molar-refractivity contribution in [3.05, 3.63) is 44.7 Å². The van der Waals surface area contributed by atoms with Crippen LogP contribution >= 0.6 is 27.3 Å². The molecule has 2 rings (SSSR count). The Morgan fingerprint density at radius 2 is 2.44 bits per heavy atom. The third-order valence-electron chi connectivity index (χ3n) is 2.60. The van der Waals surface area contributed by atoms with Gasteiger partial charge in [-0.05, 0) is 28.1 Å². The number of hydrogen-bond donors (Lipinski definition) is 2. The third kappa shape index (κ3) is 3.08. The van der Waals surface area contributed by atoms with Gasteiger partial charge in [0, 0.05) is 32.9 Å². The van der Waals surface area contributed by atoms with Crippen LogP contribution in [0.5, 0.6) is 5.88 Å². The molecule has 18 heavy (non-hydrogen) atoms. The molecule has 0 saturated heterocycles. The van der Waals surface area contributed by atoms with E-state index in [1.807, 2.05) is 12.1 Å². The Morgan fingerprint density at radius 3 is 3.06 bits per heavy atom. The van der Waals surface area contributed by atoms with Crippen LogP contribution in [0, 0.1) is 0 Å². The lowest BCUT2D eigenvalue weighted by atomic mass is 10.1. The third-order valence-corrected chi connectivity index (χ3v) is 4.32. The fourth-order valence-corrected chi connectivity index (χ4v) is 3.26. The summed E-state index contributed by atoms with van der Waals surface area (Å²) in [5, 5.41) is 2.06. The number of nitrogens with one attached hydrogen (secondary N) is 1. The minimum absolute atomic E-state index is 0.0146. The van der Waals surface area contributed by atoms with E-state index in [0.29, 0.717) is 5.88 Å². The van der Waals surface area contributed by atoms with E-state index in [4.69, 9.17) is 10.6 Å². The van der Waals surface area contributed by atoms with Crippen molar-refractivity contribution in [2.75, 3.05) is 7.11 Å². The molecule has 0 aliphatic rings. The molecular formula is C12H14BrN3OS. The van der Waals surface area contributed by atoms with Crippen LogP contribution < -0.4 is 16.0 Å². The average Bonchev–Trinajstić information content (AvgIpc) is 2.81. The van der Waals surface area contributed by atoms with Crippen molar-refractivity contribution in [2.24, 2.45) is 5.84 Å². The number of aromatic nitrogens is 1. The largest absolute Gasteiger partial charge is 0.481 e. The Hall–Kier alpha value is -0.950. The van der Waals surface area contributed by atoms with Crippen LogP contribution in [-0.4, -0.2) is 12.1 Å². The molecule has 0 aromatic carbocycles. The van der Waals surface area contributed by atoms with Gasteiger partial charge in [-0.1, -0.05) is 6.07 Å². The quantitative estimate of drug-likeness (QED) is 0.654. The highest BCUT2D eigenvalue weighted by Gasteiger charge is 2.16. The standard InChI is InChI=1S/C12H14BrN3OS/c1-17-12-10(3-2-4-15-12)11(16-14)6-9-5-8(13)7-18-9/h2-5,7,11,16H,6,14H2,1H3. The first kappa shape index (κ1) is 13.5. The van der Waals surface area contributed by atoms with Gasteiger partial charge in [0.05, 0.1) is 13.2 Å². The molecule has 2 aromatic heterocycles. The number of thiophene rings is 1. The molecule has 0 aliphatic heterocycles. The molecule has 6 heteroatoms. The van der Waals surface area contributed by atoms with Gasteiger partial charge >= 0.3 is 0 Å². The Morgan fingerprint density at radius 1 is 1.61 bits per heavy atom. The molecular weight excluding hydrogens is 314 g/mol. The summed E-state index contributed by atoms with van der Waals surface area (Å²) in [5.74, 6) is 6.25. The highest BCUT2D eigenvalue weighted by molar-refractivity contribution is 9.10. The molecule has 1 atom stereocenters. The van der Waals surface area contributed by atoms with Crippen molar-refractivity contribution < 1.29 is 4.74 Å². The minimum Gasteiger partial charge on any atom is -0.481 e. The summed E-state index contributed by atoms with van der Waals surface area (Å²) in [5.41, 5.74) is 3.79. The highest BCUT2D eigenvalue weighted by Crippen LogP contribution is 2.28. The Bertz CT molecular complexity index is 518. The molecule has 96 valence electrons. The Kier molecular flexibility index (Phi) is 4.71. The van der Waals surface area contributed by atoms with Crippen molar-refractivity contribution >= 4 is 27.3 Å². The number of ether oxygens (including phenoxy) is 1. The Balaban J connectivity index is 2.22. The molecule has 0 saturated carbocycles. The van der Waals surface area contributed by atoms with Gasteiger partial charge in [-0.15, -0.1) is 11.3 Å². The van der Waals surface area contributed by atoms with Gasteiger partial charge in [-0.3, -0.25) is 11.3 Å². The van der Waals surface area contributed by atoms with Crippen molar-refractivity contribution in [2.45, 2.75) is 12.5 Å². The summed E-state index contributed by atoms with van der Waals surface area (Å²) >= 11 is 5.15. The number of pyridine rings is 1. The van der Waals surface area contributed by atoms with Crippen molar-refractivity contribution in [3.8, 4) is 5.88 Å². The number of nitrogens with zero attached hydrogens (tertiary/aromatic N) is 1. The number of halogens is 1. The van der Waals surface area contributed by atoms with E-state index in [1.165, 1.54) is 4.88 Å². The fourth-order valence-electron chi connectivity index (χ4n) is 1.76. The lowest BCUT2D eigenvalue weighted by Gasteiger charge is -2.17. The predicted octanol–water partition coefficient (Wildman–Crippen LogP) is 2.66. The van der Waals surface area contributed by atoms with E-state index in [0.717, 1.165) is 16.5 Å². The second-order valence-corrected chi connectivity index (χ2v) is 5.67. The first-order chi connectivity index (χ1) is 8.74. The Labute approximate surface area is 118 Å². The normalized spacial score (nSPS) is 12.4. The molecule has 3 N–H and O–H groups in total. The summed E-state index contributed by atoms with van der Waals surface area (Å²) in [6.07, 6.45) is 2.51. The average molecular weight is 328 g/mol. The zero-order chi connectivity index (χ0) is 13.0. The fraction of sp³-hybridized carbons (Fsp3) is 0.250. The zero-order valence-electron chi connectivity index (χ0n) is 9.89. The van der Waals surface area contributed by atoms with Crippen LogP contribution in [0.25, 0.3) is 0 Å². The second-order valence-electron chi connectivity index (χ2n) is 3.76. The molecule has 4 nitrogen and oxygen atoms in total. The topological polar surface area (TPSA) is 60.2 Å². The van der Waals surface area contributed by atoms with Crippen LogP contribution in [-0.2, 0) is 6.42 Å². The maximum atomic E-state index is 5.64. The lowest BCUT2D eigenvalue weighted by molar-refractivity contribution is 0.382.